The summed E-state index contributed by atoms with van der Waals surface area (Å²) < 4.78 is 16.7. The van der Waals surface area contributed by atoms with Gasteiger partial charge >= 0.3 is 0 Å². The summed E-state index contributed by atoms with van der Waals surface area (Å²) in [5.41, 5.74) is 0.895. The molecule has 0 spiro atoms. The lowest BCUT2D eigenvalue weighted by molar-refractivity contribution is -0.429. The first-order chi connectivity index (χ1) is 12.0. The van der Waals surface area contributed by atoms with E-state index >= 15 is 0 Å². The van der Waals surface area contributed by atoms with Gasteiger partial charge in [-0.15, -0.1) is 0 Å². The lowest BCUT2D eigenvalue weighted by atomic mass is 9.98. The number of aromatic nitrogens is 1. The van der Waals surface area contributed by atoms with E-state index in [1.165, 1.54) is 6.08 Å². The number of allylic oxidation sites excluding steroid dienone is 4. The minimum Gasteiger partial charge on any atom is -0.493 e. The highest BCUT2D eigenvalue weighted by Crippen LogP contribution is 2.37. The summed E-state index contributed by atoms with van der Waals surface area (Å²) >= 11 is 0. The quantitative estimate of drug-likeness (QED) is 0.608. The third kappa shape index (κ3) is 3.26. The zero-order chi connectivity index (χ0) is 18.0. The summed E-state index contributed by atoms with van der Waals surface area (Å²) in [7, 11) is 3.13. The fourth-order valence-electron chi connectivity index (χ4n) is 2.76. The molecule has 1 unspecified atom stereocenters. The Labute approximate surface area is 144 Å². The fraction of sp³-hybridized carbons (Fsp3) is 0.278. The van der Waals surface area contributed by atoms with Crippen LogP contribution in [0.15, 0.2) is 48.0 Å². The molecule has 1 aliphatic rings. The second-order valence-electron chi connectivity index (χ2n) is 5.72. The number of methoxy groups -OCH3 is 2. The van der Waals surface area contributed by atoms with Crippen molar-refractivity contribution < 1.29 is 19.1 Å². The lowest BCUT2D eigenvalue weighted by Gasteiger charge is -2.19. The summed E-state index contributed by atoms with van der Waals surface area (Å²) in [6, 6.07) is 5.35. The van der Waals surface area contributed by atoms with Crippen LogP contribution >= 0.6 is 0 Å². The molecule has 130 valence electrons. The van der Waals surface area contributed by atoms with Gasteiger partial charge in [-0.25, -0.2) is 0 Å². The molecule has 0 saturated heterocycles. The van der Waals surface area contributed by atoms with Gasteiger partial charge in [0.1, 0.15) is 11.5 Å². The smallest absolute Gasteiger partial charge is 0.247 e. The second-order valence-corrected chi connectivity index (χ2v) is 5.72. The molecule has 0 aliphatic heterocycles. The number of pyridine rings is 1. The Morgan fingerprint density at radius 2 is 1.88 bits per heavy atom. The maximum absolute atomic E-state index is 10.9. The van der Waals surface area contributed by atoms with Crippen molar-refractivity contribution in [3.05, 3.63) is 58.1 Å². The van der Waals surface area contributed by atoms with E-state index in [1.807, 2.05) is 13.0 Å². The molecule has 25 heavy (non-hydrogen) atoms. The molecular weight excluding hydrogens is 324 g/mol. The number of rotatable bonds is 5. The van der Waals surface area contributed by atoms with E-state index in [4.69, 9.17) is 14.2 Å². The highest BCUT2D eigenvalue weighted by atomic mass is 16.6. The van der Waals surface area contributed by atoms with Gasteiger partial charge in [-0.05, 0) is 18.2 Å². The standard InChI is InChI=1S/C18H18N2O5/c1-11-8-12(20(21)22)4-5-15(11)25-16-6-7-19-14-10-18(24-3)17(23-2)9-13(14)16/h4-7,9-11H,8H2,1-3H3. The first kappa shape index (κ1) is 16.8. The predicted octanol–water partition coefficient (Wildman–Crippen LogP) is 3.72. The zero-order valence-corrected chi connectivity index (χ0v) is 14.2. The Kier molecular flexibility index (Phi) is 4.56. The van der Waals surface area contributed by atoms with Crippen LogP contribution in [0, 0.1) is 16.0 Å². The van der Waals surface area contributed by atoms with Gasteiger partial charge in [-0.2, -0.15) is 0 Å². The average molecular weight is 342 g/mol. The SMILES string of the molecule is COc1cc2nccc(OC3=CC=C([N+](=O)[O-])CC3C)c2cc1OC. The van der Waals surface area contributed by atoms with Gasteiger partial charge in [0, 0.05) is 36.1 Å². The molecule has 0 radical (unpaired) electrons. The van der Waals surface area contributed by atoms with Crippen LogP contribution < -0.4 is 14.2 Å². The van der Waals surface area contributed by atoms with Gasteiger partial charge in [-0.3, -0.25) is 15.1 Å². The van der Waals surface area contributed by atoms with E-state index in [2.05, 4.69) is 4.98 Å². The van der Waals surface area contributed by atoms with Crippen molar-refractivity contribution in [1.29, 1.82) is 0 Å². The number of nitrogens with zero attached hydrogens (tertiary/aromatic N) is 2. The Balaban J connectivity index is 2.00. The molecule has 1 aromatic heterocycles. The monoisotopic (exact) mass is 342 g/mol. The molecule has 7 heteroatoms. The maximum atomic E-state index is 10.9. The molecular formula is C18H18N2O5. The Morgan fingerprint density at radius 1 is 1.16 bits per heavy atom. The Morgan fingerprint density at radius 3 is 2.52 bits per heavy atom. The summed E-state index contributed by atoms with van der Waals surface area (Å²) in [6.07, 6.45) is 5.12. The molecule has 1 aromatic carbocycles. The largest absolute Gasteiger partial charge is 0.493 e. The first-order valence-corrected chi connectivity index (χ1v) is 7.77. The highest BCUT2D eigenvalue weighted by Gasteiger charge is 2.24. The van der Waals surface area contributed by atoms with E-state index in [0.717, 1.165) is 5.39 Å². The third-order valence-corrected chi connectivity index (χ3v) is 4.11. The van der Waals surface area contributed by atoms with Crippen LogP contribution in [0.1, 0.15) is 13.3 Å². The van der Waals surface area contributed by atoms with E-state index < -0.39 is 0 Å². The third-order valence-electron chi connectivity index (χ3n) is 4.11. The van der Waals surface area contributed by atoms with Crippen molar-refractivity contribution in [3.63, 3.8) is 0 Å². The Bertz CT molecular complexity index is 888. The molecule has 0 fully saturated rings. The average Bonchev–Trinajstić information content (AvgIpc) is 2.62. The second kappa shape index (κ2) is 6.80. The molecule has 3 rings (SSSR count). The normalized spacial score (nSPS) is 16.8. The molecule has 0 bridgehead atoms. The minimum absolute atomic E-state index is 0.0891. The van der Waals surface area contributed by atoms with E-state index in [9.17, 15) is 10.1 Å². The van der Waals surface area contributed by atoms with Crippen molar-refractivity contribution in [1.82, 2.24) is 4.98 Å². The summed E-state index contributed by atoms with van der Waals surface area (Å²) in [5.74, 6) is 2.36. The summed E-state index contributed by atoms with van der Waals surface area (Å²) in [6.45, 7) is 1.90. The topological polar surface area (TPSA) is 83.7 Å². The number of nitro groups is 1. The van der Waals surface area contributed by atoms with Crippen LogP contribution in [-0.4, -0.2) is 24.1 Å². The molecule has 1 heterocycles. The molecule has 0 amide bonds. The number of hydrogen-bond donors (Lipinski definition) is 0. The van der Waals surface area contributed by atoms with Crippen LogP contribution in [0.3, 0.4) is 0 Å². The van der Waals surface area contributed by atoms with E-state index in [1.54, 1.807) is 38.6 Å². The number of fused-ring (bicyclic) bond motifs is 1. The molecule has 2 aromatic rings. The summed E-state index contributed by atoms with van der Waals surface area (Å²) in [4.78, 5) is 14.9. The van der Waals surface area contributed by atoms with Gasteiger partial charge < -0.3 is 14.2 Å². The lowest BCUT2D eigenvalue weighted by Crippen LogP contribution is -2.14. The zero-order valence-electron chi connectivity index (χ0n) is 14.2. The van der Waals surface area contributed by atoms with Crippen molar-refractivity contribution in [2.45, 2.75) is 13.3 Å². The van der Waals surface area contributed by atoms with Crippen LogP contribution in [0.25, 0.3) is 10.9 Å². The maximum Gasteiger partial charge on any atom is 0.247 e. The van der Waals surface area contributed by atoms with Crippen molar-refractivity contribution in [2.24, 2.45) is 5.92 Å². The minimum atomic E-state index is -0.358. The van der Waals surface area contributed by atoms with Gasteiger partial charge in [0.05, 0.1) is 24.7 Å². The van der Waals surface area contributed by atoms with E-state index in [0.29, 0.717) is 34.9 Å². The molecule has 1 aliphatic carbocycles. The predicted molar refractivity (Wildman–Crippen MR) is 92.4 cm³/mol. The highest BCUT2D eigenvalue weighted by molar-refractivity contribution is 5.88. The first-order valence-electron chi connectivity index (χ1n) is 7.77. The van der Waals surface area contributed by atoms with Crippen molar-refractivity contribution in [2.75, 3.05) is 14.2 Å². The van der Waals surface area contributed by atoms with Crippen LogP contribution in [0.4, 0.5) is 0 Å². The van der Waals surface area contributed by atoms with Crippen molar-refractivity contribution in [3.8, 4) is 17.2 Å². The van der Waals surface area contributed by atoms with Gasteiger partial charge in [0.2, 0.25) is 5.70 Å². The summed E-state index contributed by atoms with van der Waals surface area (Å²) in [5, 5.41) is 11.7. The number of hydrogen-bond acceptors (Lipinski definition) is 6. The molecule has 0 saturated carbocycles. The fourth-order valence-corrected chi connectivity index (χ4v) is 2.76. The van der Waals surface area contributed by atoms with Gasteiger partial charge in [-0.1, -0.05) is 6.92 Å². The molecule has 1 atom stereocenters. The number of ether oxygens (including phenoxy) is 3. The van der Waals surface area contributed by atoms with E-state index in [-0.39, 0.29) is 16.5 Å². The number of benzene rings is 1. The van der Waals surface area contributed by atoms with Crippen LogP contribution in [0.2, 0.25) is 0 Å². The Hall–Kier alpha value is -3.09. The van der Waals surface area contributed by atoms with Gasteiger partial charge in [0.25, 0.3) is 0 Å². The van der Waals surface area contributed by atoms with Crippen LogP contribution in [-0.2, 0) is 0 Å². The van der Waals surface area contributed by atoms with Crippen LogP contribution in [0.5, 0.6) is 17.2 Å². The molecule has 0 N–H and O–H groups in total. The molecule has 7 nitrogen and oxygen atoms in total. The van der Waals surface area contributed by atoms with Crippen molar-refractivity contribution >= 4 is 10.9 Å². The van der Waals surface area contributed by atoms with Gasteiger partial charge in [0.15, 0.2) is 11.5 Å².